The van der Waals surface area contributed by atoms with E-state index in [-0.39, 0.29) is 11.5 Å². The lowest BCUT2D eigenvalue weighted by molar-refractivity contribution is -0.124. The fourth-order valence-electron chi connectivity index (χ4n) is 4.04. The molecule has 4 rings (SSSR count). The second-order valence-corrected chi connectivity index (χ2v) is 8.42. The lowest BCUT2D eigenvalue weighted by Crippen LogP contribution is -2.34. The van der Waals surface area contributed by atoms with E-state index in [2.05, 4.69) is 40.9 Å². The molecule has 4 aromatic rings. The number of hydrogen-bond donors (Lipinski definition) is 1. The van der Waals surface area contributed by atoms with Crippen LogP contribution >= 0.6 is 11.8 Å². The van der Waals surface area contributed by atoms with Crippen molar-refractivity contribution in [2.24, 2.45) is 7.05 Å². The van der Waals surface area contributed by atoms with Crippen molar-refractivity contribution in [2.45, 2.75) is 30.7 Å². The number of hydrogen-bond acceptors (Lipinski definition) is 4. The molecule has 1 N–H and O–H groups in total. The summed E-state index contributed by atoms with van der Waals surface area (Å²) in [5.74, 6) is -0.0789. The standard InChI is InChI=1S/C24H26N4O2S/c1-4-20(23(29)25-14-13-16-9-11-17(31-3)12-10-16)28-21-8-6-5-7-18(21)19-15-26-27(2)24(30)22(19)28/h5-12,15,20H,4,13-14H2,1-3H3,(H,25,29)/t20-/m1/s1. The molecule has 2 aromatic carbocycles. The minimum atomic E-state index is -0.476. The van der Waals surface area contributed by atoms with Crippen molar-refractivity contribution >= 4 is 39.5 Å². The third-order valence-corrected chi connectivity index (χ3v) is 6.42. The molecule has 31 heavy (non-hydrogen) atoms. The van der Waals surface area contributed by atoms with Gasteiger partial charge < -0.3 is 9.88 Å². The normalized spacial score (nSPS) is 12.4. The summed E-state index contributed by atoms with van der Waals surface area (Å²) in [6, 6.07) is 15.7. The van der Waals surface area contributed by atoms with Crippen molar-refractivity contribution in [3.8, 4) is 0 Å². The van der Waals surface area contributed by atoms with Gasteiger partial charge in [-0.2, -0.15) is 5.10 Å². The average Bonchev–Trinajstić information content (AvgIpc) is 3.12. The van der Waals surface area contributed by atoms with Crippen molar-refractivity contribution < 1.29 is 4.79 Å². The highest BCUT2D eigenvalue weighted by molar-refractivity contribution is 7.98. The van der Waals surface area contributed by atoms with Crippen LogP contribution in [0.3, 0.4) is 0 Å². The fourth-order valence-corrected chi connectivity index (χ4v) is 4.45. The van der Waals surface area contributed by atoms with E-state index in [4.69, 9.17) is 0 Å². The summed E-state index contributed by atoms with van der Waals surface area (Å²) in [7, 11) is 1.63. The number of thioether (sulfide) groups is 1. The molecule has 0 bridgehead atoms. The molecule has 0 aliphatic carbocycles. The van der Waals surface area contributed by atoms with Crippen LogP contribution in [0, 0.1) is 0 Å². The zero-order chi connectivity index (χ0) is 22.0. The molecule has 0 aliphatic heterocycles. The average molecular weight is 435 g/mol. The smallest absolute Gasteiger partial charge is 0.291 e. The van der Waals surface area contributed by atoms with Gasteiger partial charge in [0.15, 0.2) is 0 Å². The third kappa shape index (κ3) is 3.97. The SMILES string of the molecule is CC[C@H](C(=O)NCCc1ccc(SC)cc1)n1c2ccccc2c2cnn(C)c(=O)c21. The Balaban J connectivity index is 1.64. The van der Waals surface area contributed by atoms with Crippen molar-refractivity contribution in [3.05, 3.63) is 70.6 Å². The van der Waals surface area contributed by atoms with Crippen LogP contribution in [-0.2, 0) is 18.3 Å². The van der Waals surface area contributed by atoms with Crippen LogP contribution in [0.25, 0.3) is 21.8 Å². The van der Waals surface area contributed by atoms with Crippen LogP contribution in [0.4, 0.5) is 0 Å². The number of para-hydroxylation sites is 1. The zero-order valence-electron chi connectivity index (χ0n) is 18.0. The lowest BCUT2D eigenvalue weighted by atomic mass is 10.1. The molecule has 2 aromatic heterocycles. The summed E-state index contributed by atoms with van der Waals surface area (Å²) in [4.78, 5) is 27.4. The Morgan fingerprint density at radius 3 is 2.58 bits per heavy atom. The predicted octanol–water partition coefficient (Wildman–Crippen LogP) is 3.92. The Morgan fingerprint density at radius 2 is 1.87 bits per heavy atom. The first-order valence-electron chi connectivity index (χ1n) is 10.4. The molecule has 1 amide bonds. The molecule has 0 saturated heterocycles. The summed E-state index contributed by atoms with van der Waals surface area (Å²) >= 11 is 1.71. The predicted molar refractivity (Wildman–Crippen MR) is 127 cm³/mol. The first kappa shape index (κ1) is 21.2. The molecule has 0 spiro atoms. The maximum atomic E-state index is 13.2. The maximum absolute atomic E-state index is 13.2. The van der Waals surface area contributed by atoms with Gasteiger partial charge in [0.05, 0.1) is 11.7 Å². The van der Waals surface area contributed by atoms with E-state index in [0.717, 1.165) is 22.7 Å². The number of nitrogens with one attached hydrogen (secondary N) is 1. The number of rotatable bonds is 7. The maximum Gasteiger partial charge on any atom is 0.291 e. The van der Waals surface area contributed by atoms with Crippen molar-refractivity contribution in [2.75, 3.05) is 12.8 Å². The topological polar surface area (TPSA) is 68.9 Å². The Hall–Kier alpha value is -3.06. The van der Waals surface area contributed by atoms with E-state index in [1.165, 1.54) is 15.1 Å². The van der Waals surface area contributed by atoms with Crippen LogP contribution < -0.4 is 10.9 Å². The van der Waals surface area contributed by atoms with Gasteiger partial charge in [0.1, 0.15) is 11.6 Å². The molecule has 0 saturated carbocycles. The Morgan fingerprint density at radius 1 is 1.13 bits per heavy atom. The van der Waals surface area contributed by atoms with Gasteiger partial charge in [-0.05, 0) is 42.9 Å². The quantitative estimate of drug-likeness (QED) is 0.448. The highest BCUT2D eigenvalue weighted by atomic mass is 32.2. The number of aromatic nitrogens is 3. The summed E-state index contributed by atoms with van der Waals surface area (Å²) in [6.07, 6.45) is 5.10. The van der Waals surface area contributed by atoms with Gasteiger partial charge >= 0.3 is 0 Å². The first-order valence-corrected chi connectivity index (χ1v) is 11.6. The molecule has 2 heterocycles. The number of benzene rings is 2. The Bertz CT molecular complexity index is 1290. The van der Waals surface area contributed by atoms with Gasteiger partial charge in [0.25, 0.3) is 5.56 Å². The number of amides is 1. The number of carbonyl (C=O) groups is 1. The molecule has 0 fully saturated rings. The van der Waals surface area contributed by atoms with Crippen molar-refractivity contribution in [3.63, 3.8) is 0 Å². The highest BCUT2D eigenvalue weighted by Gasteiger charge is 2.25. The second kappa shape index (κ2) is 8.98. The van der Waals surface area contributed by atoms with E-state index < -0.39 is 6.04 Å². The van der Waals surface area contributed by atoms with Crippen molar-refractivity contribution in [1.29, 1.82) is 0 Å². The number of carbonyl (C=O) groups excluding carboxylic acids is 1. The summed E-state index contributed by atoms with van der Waals surface area (Å²) in [5, 5.41) is 8.97. The number of nitrogens with zero attached hydrogens (tertiary/aromatic N) is 3. The molecular formula is C24H26N4O2S. The molecule has 160 valence electrons. The van der Waals surface area contributed by atoms with Gasteiger partial charge in [-0.25, -0.2) is 4.68 Å². The van der Waals surface area contributed by atoms with E-state index in [1.807, 2.05) is 35.8 Å². The van der Waals surface area contributed by atoms with Gasteiger partial charge in [0, 0.05) is 29.3 Å². The van der Waals surface area contributed by atoms with E-state index >= 15 is 0 Å². The molecule has 7 heteroatoms. The molecule has 0 aliphatic rings. The molecule has 6 nitrogen and oxygen atoms in total. The van der Waals surface area contributed by atoms with Gasteiger partial charge in [-0.1, -0.05) is 37.3 Å². The molecule has 1 atom stereocenters. The monoisotopic (exact) mass is 434 g/mol. The Labute approximate surface area is 185 Å². The van der Waals surface area contributed by atoms with Gasteiger partial charge in [-0.15, -0.1) is 11.8 Å². The van der Waals surface area contributed by atoms with Crippen molar-refractivity contribution in [1.82, 2.24) is 19.7 Å². The zero-order valence-corrected chi connectivity index (χ0v) is 18.8. The van der Waals surface area contributed by atoms with Crippen LogP contribution in [-0.4, -0.2) is 33.1 Å². The molecular weight excluding hydrogens is 408 g/mol. The van der Waals surface area contributed by atoms with E-state index in [9.17, 15) is 9.59 Å². The summed E-state index contributed by atoms with van der Waals surface area (Å²) in [5.41, 5.74) is 2.38. The molecule has 0 unspecified atom stereocenters. The molecule has 0 radical (unpaired) electrons. The lowest BCUT2D eigenvalue weighted by Gasteiger charge is -2.19. The van der Waals surface area contributed by atoms with Crippen LogP contribution in [0.15, 0.2) is 64.4 Å². The van der Waals surface area contributed by atoms with E-state index in [1.54, 1.807) is 25.0 Å². The summed E-state index contributed by atoms with van der Waals surface area (Å²) in [6.45, 7) is 2.52. The largest absolute Gasteiger partial charge is 0.354 e. The Kier molecular flexibility index (Phi) is 6.13. The van der Waals surface area contributed by atoms with Crippen LogP contribution in [0.1, 0.15) is 24.9 Å². The minimum Gasteiger partial charge on any atom is -0.354 e. The minimum absolute atomic E-state index is 0.0789. The van der Waals surface area contributed by atoms with Gasteiger partial charge in [0.2, 0.25) is 5.91 Å². The van der Waals surface area contributed by atoms with Crippen LogP contribution in [0.2, 0.25) is 0 Å². The highest BCUT2D eigenvalue weighted by Crippen LogP contribution is 2.30. The number of aryl methyl sites for hydroxylation is 1. The fraction of sp³-hybridized carbons (Fsp3) is 0.292. The summed E-state index contributed by atoms with van der Waals surface area (Å²) < 4.78 is 3.21. The number of fused-ring (bicyclic) bond motifs is 3. The second-order valence-electron chi connectivity index (χ2n) is 7.54. The van der Waals surface area contributed by atoms with Gasteiger partial charge in [-0.3, -0.25) is 9.59 Å². The van der Waals surface area contributed by atoms with Crippen LogP contribution in [0.5, 0.6) is 0 Å². The van der Waals surface area contributed by atoms with E-state index in [0.29, 0.717) is 18.5 Å². The first-order chi connectivity index (χ1) is 15.0. The third-order valence-electron chi connectivity index (χ3n) is 5.68.